The zero-order valence-electron chi connectivity index (χ0n) is 7.61. The van der Waals surface area contributed by atoms with Crippen LogP contribution in [0.4, 0.5) is 0 Å². The lowest BCUT2D eigenvalue weighted by Crippen LogP contribution is -2.04. The predicted octanol–water partition coefficient (Wildman–Crippen LogP) is 1.26. The molecule has 6 heteroatoms. The van der Waals surface area contributed by atoms with Gasteiger partial charge in [0.25, 0.3) is 0 Å². The number of nitrogens with zero attached hydrogens (tertiary/aromatic N) is 1. The highest BCUT2D eigenvalue weighted by molar-refractivity contribution is 7.84. The normalized spacial score (nSPS) is 12.2. The molecule has 0 aliphatic carbocycles. The number of carbonyl (C=O) groups is 1. The van der Waals surface area contributed by atoms with Crippen LogP contribution < -0.4 is 0 Å². The zero-order valence-corrected chi connectivity index (χ0v) is 9.19. The molecule has 0 amide bonds. The molecule has 0 radical (unpaired) electrons. The summed E-state index contributed by atoms with van der Waals surface area (Å²) >= 11 is 5.64. The first-order chi connectivity index (χ1) is 6.54. The van der Waals surface area contributed by atoms with Crippen LogP contribution in [-0.2, 0) is 15.5 Å². The number of pyridine rings is 1. The molecule has 14 heavy (non-hydrogen) atoms. The zero-order chi connectivity index (χ0) is 10.7. The second-order valence-corrected chi connectivity index (χ2v) is 4.18. The van der Waals surface area contributed by atoms with Gasteiger partial charge in [0.15, 0.2) is 0 Å². The van der Waals surface area contributed by atoms with Crippen molar-refractivity contribution >= 4 is 28.4 Å². The van der Waals surface area contributed by atoms with Crippen LogP contribution in [0, 0.1) is 0 Å². The molecule has 0 aliphatic rings. The van der Waals surface area contributed by atoms with Crippen LogP contribution in [0.5, 0.6) is 0 Å². The number of ether oxygens (including phenoxy) is 1. The number of hydrogen-bond acceptors (Lipinski definition) is 4. The van der Waals surface area contributed by atoms with Crippen molar-refractivity contribution < 1.29 is 13.7 Å². The Kier molecular flexibility index (Phi) is 3.60. The van der Waals surface area contributed by atoms with E-state index in [0.717, 1.165) is 0 Å². The molecule has 0 spiro atoms. The molecule has 1 unspecified atom stereocenters. The first-order valence-corrected chi connectivity index (χ1v) is 5.57. The van der Waals surface area contributed by atoms with E-state index in [0.29, 0.717) is 0 Å². The number of halogens is 1. The number of hydrogen-bond donors (Lipinski definition) is 0. The van der Waals surface area contributed by atoms with Crippen molar-refractivity contribution in [1.29, 1.82) is 0 Å². The first-order valence-electron chi connectivity index (χ1n) is 3.64. The van der Waals surface area contributed by atoms with Crippen LogP contribution in [0.25, 0.3) is 0 Å². The summed E-state index contributed by atoms with van der Waals surface area (Å²) in [6.45, 7) is 0. The molecule has 1 aromatic heterocycles. The van der Waals surface area contributed by atoms with E-state index < -0.39 is 16.8 Å². The SMILES string of the molecule is COC(=O)c1cc(Cl)nc(S(C)=O)c1. The summed E-state index contributed by atoms with van der Waals surface area (Å²) in [4.78, 5) is 14.9. The lowest BCUT2D eigenvalue weighted by Gasteiger charge is -2.01. The third-order valence-corrected chi connectivity index (χ3v) is 2.48. The highest BCUT2D eigenvalue weighted by Crippen LogP contribution is 2.13. The van der Waals surface area contributed by atoms with Crippen molar-refractivity contribution in [1.82, 2.24) is 4.98 Å². The largest absolute Gasteiger partial charge is 0.465 e. The van der Waals surface area contributed by atoms with Crippen LogP contribution in [0.1, 0.15) is 10.4 Å². The third-order valence-electron chi connectivity index (χ3n) is 1.49. The Balaban J connectivity index is 3.20. The quantitative estimate of drug-likeness (QED) is 0.570. The Hall–Kier alpha value is -0.940. The Morgan fingerprint density at radius 3 is 2.71 bits per heavy atom. The van der Waals surface area contributed by atoms with Gasteiger partial charge < -0.3 is 4.74 Å². The molecule has 0 bridgehead atoms. The van der Waals surface area contributed by atoms with Crippen molar-refractivity contribution in [2.24, 2.45) is 0 Å². The maximum absolute atomic E-state index is 11.1. The van der Waals surface area contributed by atoms with E-state index in [1.807, 2.05) is 0 Å². The second-order valence-electron chi connectivity index (χ2n) is 2.46. The number of carbonyl (C=O) groups excluding carboxylic acids is 1. The minimum atomic E-state index is -1.27. The molecule has 1 rings (SSSR count). The maximum Gasteiger partial charge on any atom is 0.338 e. The Labute approximate surface area is 88.7 Å². The molecule has 0 saturated carbocycles. The molecule has 0 fully saturated rings. The average Bonchev–Trinajstić information content (AvgIpc) is 2.15. The molecule has 1 heterocycles. The van der Waals surface area contributed by atoms with Crippen LogP contribution >= 0.6 is 11.6 Å². The highest BCUT2D eigenvalue weighted by atomic mass is 35.5. The van der Waals surface area contributed by atoms with E-state index in [4.69, 9.17) is 11.6 Å². The van der Waals surface area contributed by atoms with Crippen LogP contribution in [-0.4, -0.2) is 28.5 Å². The number of aromatic nitrogens is 1. The van der Waals surface area contributed by atoms with E-state index >= 15 is 0 Å². The summed E-state index contributed by atoms with van der Waals surface area (Å²) in [6.07, 6.45) is 1.46. The molecule has 0 saturated heterocycles. The van der Waals surface area contributed by atoms with Crippen molar-refractivity contribution in [3.63, 3.8) is 0 Å². The fraction of sp³-hybridized carbons (Fsp3) is 0.250. The summed E-state index contributed by atoms with van der Waals surface area (Å²) in [5.74, 6) is -0.527. The molecule has 1 aromatic rings. The Bertz CT molecular complexity index is 394. The van der Waals surface area contributed by atoms with Crippen LogP contribution in [0.15, 0.2) is 17.2 Å². The van der Waals surface area contributed by atoms with E-state index in [2.05, 4.69) is 9.72 Å². The van der Waals surface area contributed by atoms with E-state index in [-0.39, 0.29) is 15.7 Å². The van der Waals surface area contributed by atoms with Gasteiger partial charge in [-0.3, -0.25) is 4.21 Å². The molecule has 1 atom stereocenters. The van der Waals surface area contributed by atoms with Gasteiger partial charge in [0.1, 0.15) is 10.2 Å². The third kappa shape index (κ3) is 2.52. The minimum absolute atomic E-state index is 0.123. The summed E-state index contributed by atoms with van der Waals surface area (Å²) in [5.41, 5.74) is 0.248. The Morgan fingerprint density at radius 1 is 1.57 bits per heavy atom. The van der Waals surface area contributed by atoms with Gasteiger partial charge in [-0.2, -0.15) is 0 Å². The lowest BCUT2D eigenvalue weighted by molar-refractivity contribution is 0.0600. The molecular weight excluding hydrogens is 226 g/mol. The summed E-state index contributed by atoms with van der Waals surface area (Å²) in [5, 5.41) is 0.385. The van der Waals surface area contributed by atoms with Crippen molar-refractivity contribution in [2.45, 2.75) is 5.03 Å². The van der Waals surface area contributed by atoms with Gasteiger partial charge in [-0.05, 0) is 12.1 Å². The van der Waals surface area contributed by atoms with Gasteiger partial charge in [-0.15, -0.1) is 0 Å². The Morgan fingerprint density at radius 2 is 2.21 bits per heavy atom. The second kappa shape index (κ2) is 4.52. The van der Waals surface area contributed by atoms with E-state index in [9.17, 15) is 9.00 Å². The summed E-state index contributed by atoms with van der Waals surface area (Å²) in [6, 6.07) is 2.76. The van der Waals surface area contributed by atoms with Gasteiger partial charge in [0.2, 0.25) is 0 Å². The van der Waals surface area contributed by atoms with E-state index in [1.54, 1.807) is 0 Å². The predicted molar refractivity (Wildman–Crippen MR) is 52.9 cm³/mol. The monoisotopic (exact) mass is 233 g/mol. The fourth-order valence-corrected chi connectivity index (χ4v) is 1.63. The summed E-state index contributed by atoms with van der Waals surface area (Å²) in [7, 11) is -0.00822. The van der Waals surface area contributed by atoms with Gasteiger partial charge in [-0.1, -0.05) is 11.6 Å². The average molecular weight is 234 g/mol. The molecule has 4 nitrogen and oxygen atoms in total. The number of rotatable bonds is 2. The molecule has 0 aliphatic heterocycles. The standard InChI is InChI=1S/C8H8ClNO3S/c1-13-8(11)5-3-6(9)10-7(4-5)14(2)12/h3-4H,1-2H3. The number of methoxy groups -OCH3 is 1. The molecule has 0 N–H and O–H groups in total. The first kappa shape index (κ1) is 11.1. The molecule has 0 aromatic carbocycles. The number of esters is 1. The summed E-state index contributed by atoms with van der Waals surface area (Å²) < 4.78 is 15.6. The van der Waals surface area contributed by atoms with Gasteiger partial charge >= 0.3 is 5.97 Å². The van der Waals surface area contributed by atoms with E-state index in [1.165, 1.54) is 25.5 Å². The van der Waals surface area contributed by atoms with Crippen molar-refractivity contribution in [2.75, 3.05) is 13.4 Å². The maximum atomic E-state index is 11.1. The topological polar surface area (TPSA) is 56.3 Å². The van der Waals surface area contributed by atoms with Gasteiger partial charge in [0.05, 0.1) is 23.5 Å². The van der Waals surface area contributed by atoms with Gasteiger partial charge in [0, 0.05) is 6.26 Å². The van der Waals surface area contributed by atoms with Crippen LogP contribution in [0.2, 0.25) is 5.15 Å². The fourth-order valence-electron chi connectivity index (χ4n) is 0.856. The molecule has 76 valence electrons. The highest BCUT2D eigenvalue weighted by Gasteiger charge is 2.10. The van der Waals surface area contributed by atoms with Gasteiger partial charge in [-0.25, -0.2) is 9.78 Å². The smallest absolute Gasteiger partial charge is 0.338 e. The minimum Gasteiger partial charge on any atom is -0.465 e. The van der Waals surface area contributed by atoms with Crippen LogP contribution in [0.3, 0.4) is 0 Å². The van der Waals surface area contributed by atoms with Crippen molar-refractivity contribution in [3.8, 4) is 0 Å². The lowest BCUT2D eigenvalue weighted by atomic mass is 10.3. The molecular formula is C8H8ClNO3S. The van der Waals surface area contributed by atoms with Crippen molar-refractivity contribution in [3.05, 3.63) is 22.8 Å².